The van der Waals surface area contributed by atoms with Crippen LogP contribution in [-0.4, -0.2) is 13.0 Å². The van der Waals surface area contributed by atoms with Crippen molar-refractivity contribution >= 4 is 23.2 Å². The van der Waals surface area contributed by atoms with Gasteiger partial charge in [0.15, 0.2) is 11.5 Å². The minimum atomic E-state index is -0.270. The molecule has 0 atom stereocenters. The summed E-state index contributed by atoms with van der Waals surface area (Å²) in [7, 11) is 1.54. The lowest BCUT2D eigenvalue weighted by Gasteiger charge is -2.13. The lowest BCUT2D eigenvalue weighted by atomic mass is 10.1. The summed E-state index contributed by atoms with van der Waals surface area (Å²) >= 11 is 6.18. The average molecular weight is 382 g/mol. The van der Waals surface area contributed by atoms with Crippen LogP contribution >= 0.6 is 11.6 Å². The Bertz CT molecular complexity index is 942. The maximum atomic E-state index is 12.5. The lowest BCUT2D eigenvalue weighted by Crippen LogP contribution is -2.12. The molecule has 0 saturated heterocycles. The summed E-state index contributed by atoms with van der Waals surface area (Å²) in [4.78, 5) is 12.5. The van der Waals surface area contributed by atoms with E-state index in [-0.39, 0.29) is 5.91 Å². The van der Waals surface area contributed by atoms with Gasteiger partial charge < -0.3 is 14.8 Å². The van der Waals surface area contributed by atoms with Crippen LogP contribution in [0.4, 0.5) is 5.69 Å². The molecule has 3 aromatic rings. The number of carbonyl (C=O) groups excluding carboxylic acids is 1. The van der Waals surface area contributed by atoms with Gasteiger partial charge in [-0.25, -0.2) is 0 Å². The fourth-order valence-electron chi connectivity index (χ4n) is 2.58. The number of amides is 1. The van der Waals surface area contributed by atoms with Gasteiger partial charge >= 0.3 is 0 Å². The van der Waals surface area contributed by atoms with Gasteiger partial charge in [0, 0.05) is 5.56 Å². The van der Waals surface area contributed by atoms with Crippen molar-refractivity contribution in [1.82, 2.24) is 0 Å². The van der Waals surface area contributed by atoms with Gasteiger partial charge in [-0.15, -0.1) is 0 Å². The van der Waals surface area contributed by atoms with Crippen molar-refractivity contribution < 1.29 is 14.3 Å². The standard InChI is InChI=1S/C22H20ClNO3/c1-15-8-10-19(18(23)12-15)24-22(25)17-9-11-20(21(13-17)26-2)27-14-16-6-4-3-5-7-16/h3-13H,14H2,1-2H3,(H,24,25). The van der Waals surface area contributed by atoms with Gasteiger partial charge in [0.1, 0.15) is 6.61 Å². The first kappa shape index (κ1) is 18.8. The van der Waals surface area contributed by atoms with Crippen molar-refractivity contribution in [3.63, 3.8) is 0 Å². The van der Waals surface area contributed by atoms with Crippen LogP contribution in [-0.2, 0) is 6.61 Å². The summed E-state index contributed by atoms with van der Waals surface area (Å²) in [5, 5.41) is 3.31. The summed E-state index contributed by atoms with van der Waals surface area (Å²) in [6.07, 6.45) is 0. The number of ether oxygens (including phenoxy) is 2. The van der Waals surface area contributed by atoms with Crippen molar-refractivity contribution in [2.45, 2.75) is 13.5 Å². The fraction of sp³-hybridized carbons (Fsp3) is 0.136. The van der Waals surface area contributed by atoms with Crippen LogP contribution in [0.15, 0.2) is 66.7 Å². The van der Waals surface area contributed by atoms with Crippen LogP contribution < -0.4 is 14.8 Å². The Balaban J connectivity index is 1.73. The van der Waals surface area contributed by atoms with E-state index in [0.717, 1.165) is 11.1 Å². The molecule has 0 radical (unpaired) electrons. The van der Waals surface area contributed by atoms with Gasteiger partial charge in [0.2, 0.25) is 0 Å². The highest BCUT2D eigenvalue weighted by molar-refractivity contribution is 6.34. The maximum absolute atomic E-state index is 12.5. The molecule has 0 aliphatic rings. The van der Waals surface area contributed by atoms with Crippen LogP contribution in [0.25, 0.3) is 0 Å². The zero-order valence-electron chi connectivity index (χ0n) is 15.2. The molecule has 0 fully saturated rings. The van der Waals surface area contributed by atoms with E-state index in [1.54, 1.807) is 37.4 Å². The first-order valence-corrected chi connectivity index (χ1v) is 8.87. The summed E-state index contributed by atoms with van der Waals surface area (Å²) in [6, 6.07) is 20.4. The minimum absolute atomic E-state index is 0.270. The molecule has 4 nitrogen and oxygen atoms in total. The molecule has 0 aliphatic carbocycles. The molecule has 0 saturated carbocycles. The van der Waals surface area contributed by atoms with E-state index in [9.17, 15) is 4.79 Å². The molecule has 1 N–H and O–H groups in total. The molecule has 138 valence electrons. The van der Waals surface area contributed by atoms with E-state index in [2.05, 4.69) is 5.32 Å². The average Bonchev–Trinajstić information content (AvgIpc) is 2.69. The molecule has 3 aromatic carbocycles. The molecule has 0 aromatic heterocycles. The molecule has 5 heteroatoms. The molecular weight excluding hydrogens is 362 g/mol. The van der Waals surface area contributed by atoms with E-state index in [4.69, 9.17) is 21.1 Å². The molecule has 0 aliphatic heterocycles. The second kappa shape index (κ2) is 8.60. The highest BCUT2D eigenvalue weighted by atomic mass is 35.5. The largest absolute Gasteiger partial charge is 0.493 e. The van der Waals surface area contributed by atoms with Crippen molar-refractivity contribution in [2.24, 2.45) is 0 Å². The SMILES string of the molecule is COc1cc(C(=O)Nc2ccc(C)cc2Cl)ccc1OCc1ccccc1. The smallest absolute Gasteiger partial charge is 0.255 e. The topological polar surface area (TPSA) is 47.6 Å². The van der Waals surface area contributed by atoms with Crippen molar-refractivity contribution in [3.8, 4) is 11.5 Å². The zero-order valence-corrected chi connectivity index (χ0v) is 15.9. The molecule has 3 rings (SSSR count). The van der Waals surface area contributed by atoms with Gasteiger partial charge in [-0.2, -0.15) is 0 Å². The molecule has 0 spiro atoms. The minimum Gasteiger partial charge on any atom is -0.493 e. The van der Waals surface area contributed by atoms with E-state index >= 15 is 0 Å². The Morgan fingerprint density at radius 1 is 1.00 bits per heavy atom. The predicted molar refractivity (Wildman–Crippen MR) is 108 cm³/mol. The number of carbonyl (C=O) groups is 1. The van der Waals surface area contributed by atoms with Crippen LogP contribution in [0.2, 0.25) is 5.02 Å². The Kier molecular flexibility index (Phi) is 5.99. The van der Waals surface area contributed by atoms with Crippen molar-refractivity contribution in [3.05, 3.63) is 88.4 Å². The number of anilines is 1. The van der Waals surface area contributed by atoms with Gasteiger partial charge in [-0.05, 0) is 48.4 Å². The summed E-state index contributed by atoms with van der Waals surface area (Å²) in [6.45, 7) is 2.36. The first-order chi connectivity index (χ1) is 13.1. The summed E-state index contributed by atoms with van der Waals surface area (Å²) < 4.78 is 11.2. The van der Waals surface area contributed by atoms with Gasteiger partial charge in [0.25, 0.3) is 5.91 Å². The van der Waals surface area contributed by atoms with Gasteiger partial charge in [-0.3, -0.25) is 4.79 Å². The van der Waals surface area contributed by atoms with Crippen molar-refractivity contribution in [1.29, 1.82) is 0 Å². The number of hydrogen-bond donors (Lipinski definition) is 1. The molecule has 0 bridgehead atoms. The number of halogens is 1. The highest BCUT2D eigenvalue weighted by Crippen LogP contribution is 2.30. The molecule has 27 heavy (non-hydrogen) atoms. The lowest BCUT2D eigenvalue weighted by molar-refractivity contribution is 0.102. The second-order valence-corrected chi connectivity index (χ2v) is 6.48. The zero-order chi connectivity index (χ0) is 19.2. The van der Waals surface area contributed by atoms with Crippen LogP contribution in [0.5, 0.6) is 11.5 Å². The molecule has 0 heterocycles. The van der Waals surface area contributed by atoms with Gasteiger partial charge in [-0.1, -0.05) is 48.0 Å². The Hall–Kier alpha value is -2.98. The Labute approximate surface area is 163 Å². The third-order valence-electron chi connectivity index (χ3n) is 4.04. The van der Waals surface area contributed by atoms with Gasteiger partial charge in [0.05, 0.1) is 17.8 Å². The van der Waals surface area contributed by atoms with Crippen LogP contribution in [0.1, 0.15) is 21.5 Å². The Morgan fingerprint density at radius 3 is 2.48 bits per heavy atom. The second-order valence-electron chi connectivity index (χ2n) is 6.08. The van der Waals surface area contributed by atoms with E-state index in [1.165, 1.54) is 0 Å². The number of benzene rings is 3. The van der Waals surface area contributed by atoms with E-state index in [1.807, 2.05) is 43.3 Å². The van der Waals surface area contributed by atoms with E-state index < -0.39 is 0 Å². The number of rotatable bonds is 6. The number of nitrogens with one attached hydrogen (secondary N) is 1. The monoisotopic (exact) mass is 381 g/mol. The fourth-order valence-corrected chi connectivity index (χ4v) is 2.86. The molecular formula is C22H20ClNO3. The summed E-state index contributed by atoms with van der Waals surface area (Å²) in [5.74, 6) is 0.800. The van der Waals surface area contributed by atoms with Crippen LogP contribution in [0, 0.1) is 6.92 Å². The highest BCUT2D eigenvalue weighted by Gasteiger charge is 2.13. The summed E-state index contributed by atoms with van der Waals surface area (Å²) in [5.41, 5.74) is 3.10. The predicted octanol–water partition coefficient (Wildman–Crippen LogP) is 5.49. The number of methoxy groups -OCH3 is 1. The third kappa shape index (κ3) is 4.80. The quantitative estimate of drug-likeness (QED) is 0.614. The maximum Gasteiger partial charge on any atom is 0.255 e. The van der Waals surface area contributed by atoms with Crippen LogP contribution in [0.3, 0.4) is 0 Å². The van der Waals surface area contributed by atoms with Crippen molar-refractivity contribution in [2.75, 3.05) is 12.4 Å². The first-order valence-electron chi connectivity index (χ1n) is 8.49. The molecule has 1 amide bonds. The number of hydrogen-bond acceptors (Lipinski definition) is 3. The number of aryl methyl sites for hydroxylation is 1. The van der Waals surface area contributed by atoms with E-state index in [0.29, 0.717) is 34.4 Å². The molecule has 0 unspecified atom stereocenters. The third-order valence-corrected chi connectivity index (χ3v) is 4.35. The normalized spacial score (nSPS) is 10.3. The Morgan fingerprint density at radius 2 is 1.78 bits per heavy atom.